The van der Waals surface area contributed by atoms with Gasteiger partial charge in [0.25, 0.3) is 0 Å². The molecule has 0 aliphatic carbocycles. The minimum absolute atomic E-state index is 0.105. The number of esters is 1. The van der Waals surface area contributed by atoms with E-state index in [0.29, 0.717) is 32.5 Å². The van der Waals surface area contributed by atoms with Crippen LogP contribution < -0.4 is 0 Å². The number of carbonyl (C=O) groups is 2. The van der Waals surface area contributed by atoms with Gasteiger partial charge in [-0.05, 0) is 58.0 Å². The second-order valence-electron chi connectivity index (χ2n) is 8.22. The molecule has 0 bridgehead atoms. The van der Waals surface area contributed by atoms with Gasteiger partial charge in [0.15, 0.2) is 16.6 Å². The molecule has 0 aromatic heterocycles. The Morgan fingerprint density at radius 2 is 1.42 bits per heavy atom. The highest BCUT2D eigenvalue weighted by Gasteiger charge is 2.31. The number of carbonyl (C=O) groups excluding carboxylic acids is 2. The van der Waals surface area contributed by atoms with Gasteiger partial charge in [-0.3, -0.25) is 4.79 Å². The summed E-state index contributed by atoms with van der Waals surface area (Å²) in [6.45, 7) is 14.4. The van der Waals surface area contributed by atoms with Crippen molar-refractivity contribution in [2.75, 3.05) is 19.8 Å². The Morgan fingerprint density at radius 3 is 2.00 bits per heavy atom. The first-order valence-corrected chi connectivity index (χ1v) is 16.2. The van der Waals surface area contributed by atoms with Crippen LogP contribution in [-0.2, 0) is 23.2 Å². The van der Waals surface area contributed by atoms with Crippen LogP contribution in [0.4, 0.5) is 0 Å². The van der Waals surface area contributed by atoms with Crippen molar-refractivity contribution in [3.8, 4) is 0 Å². The van der Waals surface area contributed by atoms with Crippen LogP contribution in [0.5, 0.6) is 0 Å². The molecular formula is C19H40O5Si2. The maximum Gasteiger partial charge on any atom is 0.305 e. The molecule has 0 amide bonds. The van der Waals surface area contributed by atoms with E-state index in [1.54, 1.807) is 0 Å². The quantitative estimate of drug-likeness (QED) is 0.207. The van der Waals surface area contributed by atoms with Crippen molar-refractivity contribution in [1.82, 2.24) is 0 Å². The van der Waals surface area contributed by atoms with Gasteiger partial charge in [-0.1, -0.05) is 19.8 Å². The van der Waals surface area contributed by atoms with Gasteiger partial charge in [0, 0.05) is 19.4 Å². The second-order valence-corrected chi connectivity index (χ2v) is 17.1. The average molecular weight is 405 g/mol. The molecule has 0 aliphatic rings. The maximum absolute atomic E-state index is 11.5. The van der Waals surface area contributed by atoms with Crippen LogP contribution in [0.1, 0.15) is 52.4 Å². The van der Waals surface area contributed by atoms with Gasteiger partial charge in [-0.15, -0.1) is 0 Å². The van der Waals surface area contributed by atoms with Gasteiger partial charge < -0.3 is 18.4 Å². The molecule has 26 heavy (non-hydrogen) atoms. The van der Waals surface area contributed by atoms with Crippen LogP contribution in [0.25, 0.3) is 0 Å². The summed E-state index contributed by atoms with van der Waals surface area (Å²) >= 11 is 0. The van der Waals surface area contributed by atoms with Crippen molar-refractivity contribution in [3.63, 3.8) is 0 Å². The molecule has 0 saturated carbocycles. The molecule has 0 aromatic carbocycles. The van der Waals surface area contributed by atoms with Gasteiger partial charge >= 0.3 is 5.97 Å². The highest BCUT2D eigenvalue weighted by atomic mass is 28.4. The van der Waals surface area contributed by atoms with Crippen LogP contribution in [0.2, 0.25) is 38.3 Å². The Kier molecular flexibility index (Phi) is 13.4. The smallest absolute Gasteiger partial charge is 0.305 e. The molecule has 0 aromatic rings. The molecule has 154 valence electrons. The summed E-state index contributed by atoms with van der Waals surface area (Å²) in [6, 6.07) is 2.34. The van der Waals surface area contributed by atoms with Gasteiger partial charge in [0.2, 0.25) is 0 Å². The summed E-state index contributed by atoms with van der Waals surface area (Å²) in [5, 5.41) is 0. The van der Waals surface area contributed by atoms with E-state index >= 15 is 0 Å². The van der Waals surface area contributed by atoms with Crippen molar-refractivity contribution in [3.05, 3.63) is 0 Å². The van der Waals surface area contributed by atoms with E-state index in [1.807, 2.05) is 0 Å². The van der Waals surface area contributed by atoms with Crippen molar-refractivity contribution in [2.24, 2.45) is 0 Å². The first-order chi connectivity index (χ1) is 12.1. The second kappa shape index (κ2) is 13.6. The van der Waals surface area contributed by atoms with Crippen LogP contribution in [0.3, 0.4) is 0 Å². The number of ether oxygens (including phenoxy) is 2. The number of Topliss-reactive ketones (excluding diaryl/α,β-unsaturated/α-hetero) is 1. The minimum Gasteiger partial charge on any atom is -0.463 e. The molecular weight excluding hydrogens is 364 g/mol. The first-order valence-electron chi connectivity index (χ1n) is 10.0. The lowest BCUT2D eigenvalue weighted by atomic mass is 10.2. The van der Waals surface area contributed by atoms with E-state index in [9.17, 15) is 9.59 Å². The number of rotatable bonds is 16. The molecule has 0 rings (SSSR count). The standard InChI is InChI=1S/C19H40O5Si2/c1-7-8-16-25(3,4)24-26(5,6)17-10-13-22-14-15-23-19(21)12-9-11-18(2)20/h7-17H2,1-6H3. The largest absolute Gasteiger partial charge is 0.463 e. The zero-order valence-corrected chi connectivity index (χ0v) is 19.8. The summed E-state index contributed by atoms with van der Waals surface area (Å²) < 4.78 is 17.2. The number of ketones is 1. The fraction of sp³-hybridized carbons (Fsp3) is 0.895. The summed E-state index contributed by atoms with van der Waals surface area (Å²) in [6.07, 6.45) is 4.79. The van der Waals surface area contributed by atoms with E-state index < -0.39 is 16.6 Å². The highest BCUT2D eigenvalue weighted by molar-refractivity contribution is 6.84. The van der Waals surface area contributed by atoms with Crippen molar-refractivity contribution in [1.29, 1.82) is 0 Å². The molecule has 0 fully saturated rings. The maximum atomic E-state index is 11.5. The van der Waals surface area contributed by atoms with Gasteiger partial charge in [-0.2, -0.15) is 0 Å². The number of hydrogen-bond acceptors (Lipinski definition) is 5. The molecule has 0 radical (unpaired) electrons. The van der Waals surface area contributed by atoms with Crippen molar-refractivity contribution in [2.45, 2.75) is 90.6 Å². The summed E-state index contributed by atoms with van der Waals surface area (Å²) in [5.74, 6) is -0.149. The summed E-state index contributed by atoms with van der Waals surface area (Å²) in [5.41, 5.74) is 0. The van der Waals surface area contributed by atoms with E-state index in [2.05, 4.69) is 33.1 Å². The lowest BCUT2D eigenvalue weighted by Gasteiger charge is -2.34. The topological polar surface area (TPSA) is 61.8 Å². The number of unbranched alkanes of at least 4 members (excludes halogenated alkanes) is 1. The Morgan fingerprint density at radius 1 is 0.808 bits per heavy atom. The molecule has 0 heterocycles. The fourth-order valence-corrected chi connectivity index (χ4v) is 11.9. The normalized spacial score (nSPS) is 12.2. The first kappa shape index (κ1) is 25.5. The van der Waals surface area contributed by atoms with Gasteiger partial charge in [-0.25, -0.2) is 0 Å². The lowest BCUT2D eigenvalue weighted by molar-refractivity contribution is -0.145. The van der Waals surface area contributed by atoms with E-state index in [1.165, 1.54) is 25.8 Å². The SMILES string of the molecule is CCCC[Si](C)(C)O[Si](C)(C)CCCOCCOC(=O)CCCC(C)=O. The fourth-order valence-electron chi connectivity index (χ4n) is 2.92. The Labute approximate surface area is 162 Å². The molecule has 0 unspecified atom stereocenters. The van der Waals surface area contributed by atoms with E-state index in [0.717, 1.165) is 12.5 Å². The van der Waals surface area contributed by atoms with Crippen molar-refractivity contribution < 1.29 is 23.2 Å². The Bertz CT molecular complexity index is 411. The zero-order valence-electron chi connectivity index (χ0n) is 17.8. The monoisotopic (exact) mass is 404 g/mol. The predicted octanol–water partition coefficient (Wildman–Crippen LogP) is 4.92. The molecule has 5 nitrogen and oxygen atoms in total. The zero-order chi connectivity index (χ0) is 20.1. The van der Waals surface area contributed by atoms with Crippen LogP contribution in [0, 0.1) is 0 Å². The predicted molar refractivity (Wildman–Crippen MR) is 111 cm³/mol. The van der Waals surface area contributed by atoms with E-state index in [-0.39, 0.29) is 18.4 Å². The van der Waals surface area contributed by atoms with Crippen LogP contribution >= 0.6 is 0 Å². The molecule has 7 heteroatoms. The average Bonchev–Trinajstić information content (AvgIpc) is 2.50. The summed E-state index contributed by atoms with van der Waals surface area (Å²) in [7, 11) is -3.16. The van der Waals surface area contributed by atoms with Crippen LogP contribution in [-0.4, -0.2) is 48.2 Å². The Balaban J connectivity index is 3.72. The molecule has 0 spiro atoms. The molecule has 0 atom stereocenters. The van der Waals surface area contributed by atoms with Gasteiger partial charge in [0.05, 0.1) is 6.61 Å². The molecule has 0 aliphatic heterocycles. The third-order valence-corrected chi connectivity index (χ3v) is 11.7. The third-order valence-electron chi connectivity index (χ3n) is 4.15. The van der Waals surface area contributed by atoms with E-state index in [4.69, 9.17) is 13.6 Å². The molecule has 0 N–H and O–H groups in total. The number of hydrogen-bond donors (Lipinski definition) is 0. The van der Waals surface area contributed by atoms with Crippen molar-refractivity contribution >= 4 is 28.4 Å². The molecule has 0 saturated heterocycles. The minimum atomic E-state index is -1.63. The third kappa shape index (κ3) is 15.7. The Hall–Kier alpha value is -0.506. The van der Waals surface area contributed by atoms with Gasteiger partial charge in [0.1, 0.15) is 12.4 Å². The summed E-state index contributed by atoms with van der Waals surface area (Å²) in [4.78, 5) is 22.3. The van der Waals surface area contributed by atoms with Crippen LogP contribution in [0.15, 0.2) is 0 Å². The lowest BCUT2D eigenvalue weighted by Crippen LogP contribution is -2.44. The highest BCUT2D eigenvalue weighted by Crippen LogP contribution is 2.24.